The van der Waals surface area contributed by atoms with Gasteiger partial charge in [-0.05, 0) is 6.07 Å². The largest absolute Gasteiger partial charge is 0.481 e. The van der Waals surface area contributed by atoms with Gasteiger partial charge >= 0.3 is 5.97 Å². The maximum atomic E-state index is 10.7. The molecule has 0 bridgehead atoms. The number of hydrogen-bond acceptors (Lipinski definition) is 4. The normalized spacial score (nSPS) is 10.7. The van der Waals surface area contributed by atoms with Crippen molar-refractivity contribution in [3.63, 3.8) is 0 Å². The maximum Gasteiger partial charge on any atom is 0.314 e. The summed E-state index contributed by atoms with van der Waals surface area (Å²) in [5, 5.41) is 9.69. The Labute approximate surface area is 142 Å². The molecule has 1 heterocycles. The van der Waals surface area contributed by atoms with Gasteiger partial charge in [0.15, 0.2) is 5.76 Å². The summed E-state index contributed by atoms with van der Waals surface area (Å²) in [6, 6.07) is 16.9. The number of nitrogens with zero attached hydrogens (tertiary/aromatic N) is 1. The van der Waals surface area contributed by atoms with Gasteiger partial charge in [0.25, 0.3) is 5.22 Å². The van der Waals surface area contributed by atoms with Gasteiger partial charge in [0.1, 0.15) is 11.4 Å². The summed E-state index contributed by atoms with van der Waals surface area (Å²) in [5.41, 5.74) is 2.21. The van der Waals surface area contributed by atoms with Crippen molar-refractivity contribution < 1.29 is 14.3 Å². The molecule has 0 spiro atoms. The minimum Gasteiger partial charge on any atom is -0.481 e. The lowest BCUT2D eigenvalue weighted by Gasteiger charge is -2.03. The van der Waals surface area contributed by atoms with Crippen LogP contribution in [0.4, 0.5) is 0 Å². The zero-order chi connectivity index (χ0) is 16.2. The molecule has 0 saturated heterocycles. The van der Waals surface area contributed by atoms with Crippen molar-refractivity contribution in [1.82, 2.24) is 4.98 Å². The van der Waals surface area contributed by atoms with Crippen LogP contribution in [0.1, 0.15) is 0 Å². The summed E-state index contributed by atoms with van der Waals surface area (Å²) in [5.74, 6) is -0.461. The van der Waals surface area contributed by atoms with Crippen molar-refractivity contribution in [2.75, 3.05) is 5.75 Å². The Hall–Kier alpha value is -2.24. The van der Waals surface area contributed by atoms with Gasteiger partial charge in [0.2, 0.25) is 0 Å². The van der Waals surface area contributed by atoms with Crippen LogP contribution in [-0.2, 0) is 4.79 Å². The quantitative estimate of drug-likeness (QED) is 0.670. The molecule has 0 amide bonds. The van der Waals surface area contributed by atoms with E-state index < -0.39 is 5.97 Å². The molecule has 0 aliphatic carbocycles. The second-order valence-electron chi connectivity index (χ2n) is 4.69. The number of aromatic nitrogens is 1. The monoisotopic (exact) mass is 345 g/mol. The summed E-state index contributed by atoms with van der Waals surface area (Å²) in [4.78, 5) is 15.2. The van der Waals surface area contributed by atoms with Crippen LogP contribution < -0.4 is 0 Å². The molecular weight excluding hydrogens is 334 g/mol. The third kappa shape index (κ3) is 3.57. The molecule has 1 N–H and O–H groups in total. The number of rotatable bonds is 5. The van der Waals surface area contributed by atoms with Gasteiger partial charge in [0, 0.05) is 11.1 Å². The lowest BCUT2D eigenvalue weighted by Crippen LogP contribution is -1.97. The van der Waals surface area contributed by atoms with Gasteiger partial charge in [-0.2, -0.15) is 0 Å². The van der Waals surface area contributed by atoms with Crippen LogP contribution in [0.5, 0.6) is 0 Å². The first-order valence-electron chi connectivity index (χ1n) is 6.81. The Morgan fingerprint density at radius 3 is 2.52 bits per heavy atom. The highest BCUT2D eigenvalue weighted by atomic mass is 35.5. The van der Waals surface area contributed by atoms with Gasteiger partial charge in [-0.15, -0.1) is 0 Å². The van der Waals surface area contributed by atoms with E-state index in [4.69, 9.17) is 21.1 Å². The first-order valence-corrected chi connectivity index (χ1v) is 8.17. The number of hydrogen-bond donors (Lipinski definition) is 1. The van der Waals surface area contributed by atoms with Crippen LogP contribution in [0.15, 0.2) is 64.2 Å². The molecular formula is C17H12ClNO3S. The van der Waals surface area contributed by atoms with Gasteiger partial charge in [-0.1, -0.05) is 71.9 Å². The van der Waals surface area contributed by atoms with Gasteiger partial charge < -0.3 is 9.52 Å². The van der Waals surface area contributed by atoms with E-state index in [-0.39, 0.29) is 5.75 Å². The summed E-state index contributed by atoms with van der Waals surface area (Å²) >= 11 is 7.31. The van der Waals surface area contributed by atoms with E-state index in [1.54, 1.807) is 6.07 Å². The fourth-order valence-electron chi connectivity index (χ4n) is 2.11. The number of thioether (sulfide) groups is 1. The van der Waals surface area contributed by atoms with Crippen molar-refractivity contribution in [2.24, 2.45) is 0 Å². The average molecular weight is 346 g/mol. The number of oxazole rings is 1. The molecule has 0 saturated carbocycles. The van der Waals surface area contributed by atoms with Crippen LogP contribution in [0, 0.1) is 0 Å². The van der Waals surface area contributed by atoms with Crippen molar-refractivity contribution in [1.29, 1.82) is 0 Å². The molecule has 2 aromatic carbocycles. The van der Waals surface area contributed by atoms with E-state index in [1.165, 1.54) is 0 Å². The number of carboxylic acids is 1. The summed E-state index contributed by atoms with van der Waals surface area (Å²) in [6.45, 7) is 0. The average Bonchev–Trinajstić information content (AvgIpc) is 2.98. The van der Waals surface area contributed by atoms with Crippen LogP contribution in [0.3, 0.4) is 0 Å². The van der Waals surface area contributed by atoms with E-state index in [1.807, 2.05) is 48.5 Å². The molecule has 3 aromatic rings. The molecule has 6 heteroatoms. The molecule has 4 nitrogen and oxygen atoms in total. The number of carbonyl (C=O) groups is 1. The molecule has 3 rings (SSSR count). The maximum absolute atomic E-state index is 10.7. The highest BCUT2D eigenvalue weighted by Crippen LogP contribution is 2.38. The van der Waals surface area contributed by atoms with Crippen molar-refractivity contribution >= 4 is 29.3 Å². The van der Waals surface area contributed by atoms with Crippen molar-refractivity contribution in [3.05, 3.63) is 59.6 Å². The minimum atomic E-state index is -0.922. The molecule has 0 fully saturated rings. The number of halogens is 1. The summed E-state index contributed by atoms with van der Waals surface area (Å²) in [6.07, 6.45) is 0. The third-order valence-corrected chi connectivity index (χ3v) is 4.23. The number of carboxylic acid groups (broad SMARTS) is 1. The second-order valence-corrected chi connectivity index (χ2v) is 6.02. The highest BCUT2D eigenvalue weighted by Gasteiger charge is 2.19. The third-order valence-electron chi connectivity index (χ3n) is 3.09. The molecule has 0 aliphatic rings. The van der Waals surface area contributed by atoms with E-state index in [9.17, 15) is 4.79 Å². The lowest BCUT2D eigenvalue weighted by molar-refractivity contribution is -0.133. The predicted molar refractivity (Wildman–Crippen MR) is 90.7 cm³/mol. The van der Waals surface area contributed by atoms with Crippen LogP contribution in [-0.4, -0.2) is 21.8 Å². The number of aliphatic carboxylic acids is 1. The Morgan fingerprint density at radius 1 is 1.13 bits per heavy atom. The van der Waals surface area contributed by atoms with Crippen LogP contribution in [0.25, 0.3) is 22.6 Å². The molecule has 116 valence electrons. The molecule has 0 atom stereocenters. The van der Waals surface area contributed by atoms with Crippen molar-refractivity contribution in [3.8, 4) is 22.6 Å². The van der Waals surface area contributed by atoms with E-state index in [0.29, 0.717) is 21.7 Å². The van der Waals surface area contributed by atoms with Gasteiger partial charge in [-0.3, -0.25) is 4.79 Å². The smallest absolute Gasteiger partial charge is 0.314 e. The minimum absolute atomic E-state index is 0.114. The van der Waals surface area contributed by atoms with Gasteiger partial charge in [0.05, 0.1) is 5.02 Å². The first-order chi connectivity index (χ1) is 11.1. The Kier molecular flexibility index (Phi) is 4.69. The summed E-state index contributed by atoms with van der Waals surface area (Å²) < 4.78 is 5.79. The molecule has 1 aromatic heterocycles. The van der Waals surface area contributed by atoms with Crippen LogP contribution >= 0.6 is 23.4 Å². The fourth-order valence-corrected chi connectivity index (χ4v) is 2.88. The Morgan fingerprint density at radius 2 is 1.83 bits per heavy atom. The second kappa shape index (κ2) is 6.89. The molecule has 23 heavy (non-hydrogen) atoms. The number of benzene rings is 2. The lowest BCUT2D eigenvalue weighted by atomic mass is 10.1. The summed E-state index contributed by atoms with van der Waals surface area (Å²) in [7, 11) is 0. The topological polar surface area (TPSA) is 63.3 Å². The SMILES string of the molecule is O=C(O)CSc1nc(-c2ccccc2Cl)c(-c2ccccc2)o1. The van der Waals surface area contributed by atoms with E-state index in [0.717, 1.165) is 22.9 Å². The Bertz CT molecular complexity index is 833. The molecule has 0 radical (unpaired) electrons. The zero-order valence-corrected chi connectivity index (χ0v) is 13.5. The fraction of sp³-hybridized carbons (Fsp3) is 0.0588. The predicted octanol–water partition coefficient (Wildman–Crippen LogP) is 4.84. The van der Waals surface area contributed by atoms with Crippen molar-refractivity contribution in [2.45, 2.75) is 5.22 Å². The van der Waals surface area contributed by atoms with Gasteiger partial charge in [-0.25, -0.2) is 4.98 Å². The highest BCUT2D eigenvalue weighted by molar-refractivity contribution is 7.99. The Balaban J connectivity index is 2.09. The molecule has 0 unspecified atom stereocenters. The van der Waals surface area contributed by atoms with E-state index >= 15 is 0 Å². The van der Waals surface area contributed by atoms with E-state index in [2.05, 4.69) is 4.98 Å². The standard InChI is InChI=1S/C17H12ClNO3S/c18-13-9-5-4-8-12(13)15-16(11-6-2-1-3-7-11)22-17(19-15)23-10-14(20)21/h1-9H,10H2,(H,20,21). The van der Waals surface area contributed by atoms with Crippen LogP contribution in [0.2, 0.25) is 5.02 Å². The molecule has 0 aliphatic heterocycles. The first kappa shape index (κ1) is 15.6. The zero-order valence-electron chi connectivity index (χ0n) is 11.9.